The molecule has 2 heterocycles. The van der Waals surface area contributed by atoms with E-state index in [4.69, 9.17) is 5.11 Å². The van der Waals surface area contributed by atoms with E-state index < -0.39 is 5.97 Å². The van der Waals surface area contributed by atoms with Gasteiger partial charge in [0.15, 0.2) is 10.3 Å². The summed E-state index contributed by atoms with van der Waals surface area (Å²) in [5.74, 6) is -0.227. The zero-order valence-electron chi connectivity index (χ0n) is 7.59. The molecule has 2 aromatic heterocycles. The van der Waals surface area contributed by atoms with Gasteiger partial charge in [-0.1, -0.05) is 0 Å². The zero-order chi connectivity index (χ0) is 10.8. The van der Waals surface area contributed by atoms with Gasteiger partial charge in [-0.15, -0.1) is 10.2 Å². The Morgan fingerprint density at radius 3 is 3.07 bits per heavy atom. The lowest BCUT2D eigenvalue weighted by Crippen LogP contribution is -2.01. The number of carbonyl (C=O) groups is 1. The molecule has 0 aromatic carbocycles. The quantitative estimate of drug-likeness (QED) is 0.897. The average molecular weight is 271 g/mol. The molecular formula is C8H7BrN4O2. The number of hydrogen-bond donors (Lipinski definition) is 1. The van der Waals surface area contributed by atoms with Gasteiger partial charge >= 0.3 is 5.97 Å². The van der Waals surface area contributed by atoms with Gasteiger partial charge in [0.05, 0.1) is 6.42 Å². The number of aryl methyl sites for hydroxylation is 1. The monoisotopic (exact) mass is 270 g/mol. The van der Waals surface area contributed by atoms with Gasteiger partial charge in [-0.05, 0) is 15.9 Å². The summed E-state index contributed by atoms with van der Waals surface area (Å²) >= 11 is 3.24. The van der Waals surface area contributed by atoms with Crippen molar-refractivity contribution in [1.29, 1.82) is 0 Å². The number of rotatable bonds is 3. The molecule has 0 spiro atoms. The van der Waals surface area contributed by atoms with Crippen LogP contribution >= 0.6 is 15.9 Å². The first-order valence-corrected chi connectivity index (χ1v) is 5.03. The van der Waals surface area contributed by atoms with E-state index in [1.807, 2.05) is 0 Å². The van der Waals surface area contributed by atoms with Gasteiger partial charge in [0.25, 0.3) is 0 Å². The summed E-state index contributed by atoms with van der Waals surface area (Å²) in [7, 11) is 0. The molecule has 0 unspecified atom stereocenters. The fraction of sp³-hybridized carbons (Fsp3) is 0.250. The summed E-state index contributed by atoms with van der Waals surface area (Å²) in [5.41, 5.74) is 0.595. The lowest BCUT2D eigenvalue weighted by molar-refractivity contribution is -0.137. The van der Waals surface area contributed by atoms with E-state index in [-0.39, 0.29) is 6.42 Å². The highest BCUT2D eigenvalue weighted by Gasteiger charge is 2.09. The van der Waals surface area contributed by atoms with Gasteiger partial charge in [-0.25, -0.2) is 4.98 Å². The van der Waals surface area contributed by atoms with Crippen molar-refractivity contribution in [2.45, 2.75) is 12.8 Å². The van der Waals surface area contributed by atoms with E-state index in [9.17, 15) is 4.79 Å². The third-order valence-electron chi connectivity index (χ3n) is 1.92. The summed E-state index contributed by atoms with van der Waals surface area (Å²) < 4.78 is 2.32. The minimum absolute atomic E-state index is 0.0424. The van der Waals surface area contributed by atoms with E-state index >= 15 is 0 Å². The van der Waals surface area contributed by atoms with Crippen molar-refractivity contribution in [3.63, 3.8) is 0 Å². The lowest BCUT2D eigenvalue weighted by atomic mass is 10.3. The van der Waals surface area contributed by atoms with Crippen LogP contribution in [0.25, 0.3) is 5.65 Å². The zero-order valence-corrected chi connectivity index (χ0v) is 9.18. The molecular weight excluding hydrogens is 264 g/mol. The Morgan fingerprint density at radius 1 is 1.53 bits per heavy atom. The number of hydrogen-bond acceptors (Lipinski definition) is 4. The molecule has 0 saturated heterocycles. The molecule has 0 aliphatic carbocycles. The molecule has 2 rings (SSSR count). The third-order valence-corrected chi connectivity index (χ3v) is 2.48. The van der Waals surface area contributed by atoms with Crippen LogP contribution in [0.15, 0.2) is 17.0 Å². The first-order chi connectivity index (χ1) is 7.18. The van der Waals surface area contributed by atoms with Crippen LogP contribution in [-0.2, 0) is 11.2 Å². The average Bonchev–Trinajstić information content (AvgIpc) is 2.59. The number of aromatic nitrogens is 4. The number of carboxylic acids is 1. The fourth-order valence-corrected chi connectivity index (χ4v) is 1.62. The third kappa shape index (κ3) is 1.96. The second-order valence-electron chi connectivity index (χ2n) is 2.92. The van der Waals surface area contributed by atoms with E-state index in [0.29, 0.717) is 22.5 Å². The second-order valence-corrected chi connectivity index (χ2v) is 3.67. The molecule has 0 fully saturated rings. The van der Waals surface area contributed by atoms with Crippen molar-refractivity contribution in [3.05, 3.63) is 22.8 Å². The summed E-state index contributed by atoms with van der Waals surface area (Å²) in [6, 6.07) is 0. The molecule has 0 radical (unpaired) electrons. The molecule has 78 valence electrons. The topological polar surface area (TPSA) is 80.4 Å². The molecule has 0 saturated carbocycles. The van der Waals surface area contributed by atoms with Crippen LogP contribution in [0.4, 0.5) is 0 Å². The molecule has 0 atom stereocenters. The van der Waals surface area contributed by atoms with E-state index in [2.05, 4.69) is 31.1 Å². The van der Waals surface area contributed by atoms with E-state index in [1.165, 1.54) is 0 Å². The first-order valence-electron chi connectivity index (χ1n) is 4.24. The Hall–Kier alpha value is -1.50. The molecule has 15 heavy (non-hydrogen) atoms. The second kappa shape index (κ2) is 3.93. The van der Waals surface area contributed by atoms with Crippen LogP contribution in [0.5, 0.6) is 0 Å². The summed E-state index contributed by atoms with van der Waals surface area (Å²) in [4.78, 5) is 14.4. The molecule has 0 bridgehead atoms. The molecule has 6 nitrogen and oxygen atoms in total. The van der Waals surface area contributed by atoms with Crippen molar-refractivity contribution in [2.75, 3.05) is 0 Å². The van der Waals surface area contributed by atoms with Gasteiger partial charge in [0.2, 0.25) is 0 Å². The van der Waals surface area contributed by atoms with Crippen LogP contribution in [0.2, 0.25) is 0 Å². The van der Waals surface area contributed by atoms with Gasteiger partial charge in [-0.2, -0.15) is 0 Å². The van der Waals surface area contributed by atoms with Gasteiger partial charge in [0.1, 0.15) is 5.82 Å². The van der Waals surface area contributed by atoms with Crippen LogP contribution in [0, 0.1) is 0 Å². The van der Waals surface area contributed by atoms with Gasteiger partial charge in [-0.3, -0.25) is 9.20 Å². The molecule has 7 heteroatoms. The Morgan fingerprint density at radius 2 is 2.33 bits per heavy atom. The smallest absolute Gasteiger partial charge is 0.303 e. The Balaban J connectivity index is 2.37. The highest BCUT2D eigenvalue weighted by Crippen LogP contribution is 2.13. The van der Waals surface area contributed by atoms with Crippen molar-refractivity contribution in [3.8, 4) is 0 Å². The van der Waals surface area contributed by atoms with Crippen molar-refractivity contribution >= 4 is 27.5 Å². The maximum atomic E-state index is 10.4. The molecule has 0 aliphatic rings. The van der Waals surface area contributed by atoms with Gasteiger partial charge in [0, 0.05) is 18.8 Å². The van der Waals surface area contributed by atoms with Crippen LogP contribution in [0.1, 0.15) is 12.2 Å². The first kappa shape index (κ1) is 10.0. The molecule has 0 aliphatic heterocycles. The van der Waals surface area contributed by atoms with Crippen LogP contribution in [0.3, 0.4) is 0 Å². The SMILES string of the molecule is O=C(O)CCc1nnc2c(Br)nccn12. The maximum absolute atomic E-state index is 10.4. The summed E-state index contributed by atoms with van der Waals surface area (Å²) in [5, 5.41) is 16.4. The molecule has 1 N–H and O–H groups in total. The molecule has 2 aromatic rings. The minimum atomic E-state index is -0.847. The number of carboxylic acid groups (broad SMARTS) is 1. The van der Waals surface area contributed by atoms with Crippen molar-refractivity contribution in [2.24, 2.45) is 0 Å². The maximum Gasteiger partial charge on any atom is 0.303 e. The van der Waals surface area contributed by atoms with E-state index in [0.717, 1.165) is 0 Å². The summed E-state index contributed by atoms with van der Waals surface area (Å²) in [6.07, 6.45) is 3.70. The highest BCUT2D eigenvalue weighted by atomic mass is 79.9. The highest BCUT2D eigenvalue weighted by molar-refractivity contribution is 9.10. The number of fused-ring (bicyclic) bond motifs is 1. The van der Waals surface area contributed by atoms with Crippen LogP contribution < -0.4 is 0 Å². The Kier molecular flexibility index (Phi) is 2.63. The fourth-order valence-electron chi connectivity index (χ4n) is 1.23. The Labute approximate surface area is 93.1 Å². The van der Waals surface area contributed by atoms with Crippen molar-refractivity contribution < 1.29 is 9.90 Å². The van der Waals surface area contributed by atoms with Gasteiger partial charge < -0.3 is 5.11 Å². The predicted octanol–water partition coefficient (Wildman–Crippen LogP) is 0.904. The normalized spacial score (nSPS) is 10.7. The number of aliphatic carboxylic acids is 1. The van der Waals surface area contributed by atoms with E-state index in [1.54, 1.807) is 16.8 Å². The summed E-state index contributed by atoms with van der Waals surface area (Å²) in [6.45, 7) is 0. The standard InChI is InChI=1S/C8H7BrN4O2/c9-7-8-12-11-5(1-2-6(14)15)13(8)4-3-10-7/h3-4H,1-2H2,(H,14,15). The largest absolute Gasteiger partial charge is 0.481 e. The Bertz CT molecular complexity index is 510. The molecule has 0 amide bonds. The van der Waals surface area contributed by atoms with Crippen molar-refractivity contribution in [1.82, 2.24) is 19.6 Å². The predicted molar refractivity (Wildman–Crippen MR) is 54.4 cm³/mol. The lowest BCUT2D eigenvalue weighted by Gasteiger charge is -1.97. The number of nitrogens with zero attached hydrogens (tertiary/aromatic N) is 4. The minimum Gasteiger partial charge on any atom is -0.481 e. The van der Waals surface area contributed by atoms with Crippen LogP contribution in [-0.4, -0.2) is 30.7 Å². The number of halogens is 1.